The van der Waals surface area contributed by atoms with Crippen LogP contribution >= 0.6 is 0 Å². The predicted molar refractivity (Wildman–Crippen MR) is 91.4 cm³/mol. The molecule has 126 valence electrons. The zero-order chi connectivity index (χ0) is 17.5. The molecule has 0 fully saturated rings. The minimum Gasteiger partial charge on any atom is -0.307 e. The number of halogens is 1. The highest BCUT2D eigenvalue weighted by atomic mass is 32.2. The van der Waals surface area contributed by atoms with Gasteiger partial charge in [0.25, 0.3) is 5.91 Å². The van der Waals surface area contributed by atoms with Crippen molar-refractivity contribution in [2.45, 2.75) is 12.8 Å². The molecule has 0 radical (unpaired) electrons. The molecule has 2 aromatic rings. The van der Waals surface area contributed by atoms with Crippen LogP contribution in [0.25, 0.3) is 0 Å². The van der Waals surface area contributed by atoms with Crippen molar-refractivity contribution in [3.63, 3.8) is 0 Å². The van der Waals surface area contributed by atoms with E-state index in [1.807, 2.05) is 31.2 Å². The lowest BCUT2D eigenvalue weighted by Gasteiger charge is -2.20. The van der Waals surface area contributed by atoms with Crippen LogP contribution in [0.1, 0.15) is 28.8 Å². The first-order valence-electron chi connectivity index (χ1n) is 7.44. The van der Waals surface area contributed by atoms with E-state index in [4.69, 9.17) is 0 Å². The number of hydrogen-bond acceptors (Lipinski definition) is 3. The van der Waals surface area contributed by atoms with Gasteiger partial charge in [-0.2, -0.15) is 0 Å². The number of fused-ring (bicyclic) bond motifs is 1. The molecule has 1 amide bonds. The van der Waals surface area contributed by atoms with Crippen LogP contribution in [0.5, 0.6) is 0 Å². The van der Waals surface area contributed by atoms with Crippen LogP contribution in [0.2, 0.25) is 0 Å². The molecule has 1 atom stereocenters. The lowest BCUT2D eigenvalue weighted by Crippen LogP contribution is -2.30. The largest absolute Gasteiger partial charge is 0.307 e. The summed E-state index contributed by atoms with van der Waals surface area (Å²) >= 11 is 0. The minimum atomic E-state index is -3.58. The third-order valence-electron chi connectivity index (χ3n) is 3.97. The normalized spacial score (nSPS) is 16.8. The molecule has 1 aliphatic rings. The van der Waals surface area contributed by atoms with Crippen molar-refractivity contribution in [2.24, 2.45) is 0 Å². The molecule has 0 spiro atoms. The Morgan fingerprint density at radius 2 is 1.96 bits per heavy atom. The van der Waals surface area contributed by atoms with Gasteiger partial charge in [0.2, 0.25) is 10.0 Å². The summed E-state index contributed by atoms with van der Waals surface area (Å²) < 4.78 is 38.9. The first-order valence-corrected chi connectivity index (χ1v) is 9.33. The lowest BCUT2D eigenvalue weighted by atomic mass is 10.0. The monoisotopic (exact) mass is 348 g/mol. The van der Waals surface area contributed by atoms with Crippen molar-refractivity contribution in [1.82, 2.24) is 0 Å². The minimum absolute atomic E-state index is 0.00988. The van der Waals surface area contributed by atoms with E-state index in [9.17, 15) is 17.6 Å². The van der Waals surface area contributed by atoms with Crippen LogP contribution in [-0.4, -0.2) is 27.1 Å². The molecular weight excluding hydrogens is 331 g/mol. The van der Waals surface area contributed by atoms with Crippen LogP contribution in [-0.2, 0) is 10.0 Å². The van der Waals surface area contributed by atoms with Crippen molar-refractivity contribution in [3.8, 4) is 0 Å². The Morgan fingerprint density at radius 3 is 2.67 bits per heavy atom. The molecular formula is C17H17FN2O3S. The summed E-state index contributed by atoms with van der Waals surface area (Å²) in [5, 5.41) is 0. The van der Waals surface area contributed by atoms with Gasteiger partial charge in [0.15, 0.2) is 0 Å². The molecule has 0 aliphatic carbocycles. The fraction of sp³-hybridized carbons (Fsp3) is 0.235. The topological polar surface area (TPSA) is 66.5 Å². The van der Waals surface area contributed by atoms with Gasteiger partial charge < -0.3 is 4.90 Å². The number of rotatable bonds is 3. The Kier molecular flexibility index (Phi) is 4.04. The highest BCUT2D eigenvalue weighted by Gasteiger charge is 2.31. The maximum atomic E-state index is 13.7. The van der Waals surface area contributed by atoms with Crippen molar-refractivity contribution >= 4 is 27.3 Å². The number of carbonyl (C=O) groups excluding carboxylic acids is 1. The van der Waals surface area contributed by atoms with E-state index in [0.29, 0.717) is 6.54 Å². The van der Waals surface area contributed by atoms with E-state index >= 15 is 0 Å². The number of nitrogens with zero attached hydrogens (tertiary/aromatic N) is 1. The summed E-state index contributed by atoms with van der Waals surface area (Å²) in [5.41, 5.74) is 1.87. The number of anilines is 2. The molecule has 1 N–H and O–H groups in total. The van der Waals surface area contributed by atoms with Gasteiger partial charge in [-0.1, -0.05) is 25.1 Å². The molecule has 1 aliphatic heterocycles. The second-order valence-electron chi connectivity index (χ2n) is 5.94. The van der Waals surface area contributed by atoms with E-state index in [-0.39, 0.29) is 17.2 Å². The van der Waals surface area contributed by atoms with Crippen LogP contribution in [0.4, 0.5) is 15.8 Å². The molecule has 5 nitrogen and oxygen atoms in total. The third-order valence-corrected chi connectivity index (χ3v) is 4.56. The van der Waals surface area contributed by atoms with E-state index in [2.05, 4.69) is 4.72 Å². The van der Waals surface area contributed by atoms with Gasteiger partial charge in [0.05, 0.1) is 17.5 Å². The van der Waals surface area contributed by atoms with Gasteiger partial charge in [-0.3, -0.25) is 9.52 Å². The predicted octanol–water partition coefficient (Wildman–Crippen LogP) is 2.96. The molecule has 1 heterocycles. The molecule has 0 aromatic heterocycles. The van der Waals surface area contributed by atoms with Gasteiger partial charge in [0, 0.05) is 18.2 Å². The standard InChI is InChI=1S/C17H17FN2O3S/c1-11-10-20(16-6-4-3-5-13(11)16)17(21)14-9-12(18)7-8-15(14)19-24(2,22)23/h3-9,11,19H,10H2,1-2H3/t11-/m0/s1. The number of amides is 1. The maximum Gasteiger partial charge on any atom is 0.260 e. The summed E-state index contributed by atoms with van der Waals surface area (Å²) in [6.07, 6.45) is 0.984. The second kappa shape index (κ2) is 5.90. The van der Waals surface area contributed by atoms with Gasteiger partial charge in [-0.15, -0.1) is 0 Å². The summed E-state index contributed by atoms with van der Waals surface area (Å²) in [7, 11) is -3.58. The Labute approximate surface area is 140 Å². The number of nitrogens with one attached hydrogen (secondary N) is 1. The fourth-order valence-electron chi connectivity index (χ4n) is 2.94. The van der Waals surface area contributed by atoms with Crippen LogP contribution in [0.15, 0.2) is 42.5 Å². The van der Waals surface area contributed by atoms with Gasteiger partial charge in [-0.25, -0.2) is 12.8 Å². The number of hydrogen-bond donors (Lipinski definition) is 1. The smallest absolute Gasteiger partial charge is 0.260 e. The maximum absolute atomic E-state index is 13.7. The summed E-state index contributed by atoms with van der Waals surface area (Å²) in [5.74, 6) is -0.875. The van der Waals surface area contributed by atoms with Crippen molar-refractivity contribution in [3.05, 3.63) is 59.4 Å². The SMILES string of the molecule is C[C@H]1CN(C(=O)c2cc(F)ccc2NS(C)(=O)=O)c2ccccc21. The molecule has 0 bridgehead atoms. The highest BCUT2D eigenvalue weighted by molar-refractivity contribution is 7.92. The van der Waals surface area contributed by atoms with Gasteiger partial charge >= 0.3 is 0 Å². The van der Waals surface area contributed by atoms with Crippen LogP contribution in [0.3, 0.4) is 0 Å². The molecule has 2 aromatic carbocycles. The highest BCUT2D eigenvalue weighted by Crippen LogP contribution is 2.37. The lowest BCUT2D eigenvalue weighted by molar-refractivity contribution is 0.0989. The zero-order valence-corrected chi connectivity index (χ0v) is 14.1. The number of carbonyl (C=O) groups is 1. The van der Waals surface area contributed by atoms with Crippen molar-refractivity contribution < 1.29 is 17.6 Å². The molecule has 0 saturated carbocycles. The number of para-hydroxylation sites is 1. The average molecular weight is 348 g/mol. The molecule has 0 saturated heterocycles. The third kappa shape index (κ3) is 3.12. The van der Waals surface area contributed by atoms with Gasteiger partial charge in [-0.05, 0) is 29.8 Å². The van der Waals surface area contributed by atoms with Crippen LogP contribution in [0, 0.1) is 5.82 Å². The summed E-state index contributed by atoms with van der Waals surface area (Å²) in [6.45, 7) is 2.47. The average Bonchev–Trinajstić information content (AvgIpc) is 2.85. The van der Waals surface area contributed by atoms with Gasteiger partial charge in [0.1, 0.15) is 5.82 Å². The van der Waals surface area contributed by atoms with E-state index in [1.165, 1.54) is 6.07 Å². The van der Waals surface area contributed by atoms with E-state index < -0.39 is 21.7 Å². The van der Waals surface area contributed by atoms with Crippen molar-refractivity contribution in [2.75, 3.05) is 22.4 Å². The first-order chi connectivity index (χ1) is 11.3. The Morgan fingerprint density at radius 1 is 1.25 bits per heavy atom. The Bertz CT molecular complexity index is 912. The Hall–Kier alpha value is -2.41. The molecule has 0 unspecified atom stereocenters. The van der Waals surface area contributed by atoms with E-state index in [1.54, 1.807) is 4.90 Å². The molecule has 24 heavy (non-hydrogen) atoms. The quantitative estimate of drug-likeness (QED) is 0.927. The van der Waals surface area contributed by atoms with E-state index in [0.717, 1.165) is 29.6 Å². The number of benzene rings is 2. The second-order valence-corrected chi connectivity index (χ2v) is 7.69. The zero-order valence-electron chi connectivity index (χ0n) is 13.3. The fourth-order valence-corrected chi connectivity index (χ4v) is 3.52. The van der Waals surface area contributed by atoms with Crippen molar-refractivity contribution in [1.29, 1.82) is 0 Å². The summed E-state index contributed by atoms with van der Waals surface area (Å²) in [6, 6.07) is 11.0. The van der Waals surface area contributed by atoms with Crippen LogP contribution < -0.4 is 9.62 Å². The Balaban J connectivity index is 2.04. The summed E-state index contributed by atoms with van der Waals surface area (Å²) in [4.78, 5) is 14.5. The molecule has 3 rings (SSSR count). The first kappa shape index (κ1) is 16.4. The molecule has 7 heteroatoms. The number of sulfonamides is 1.